The largest absolute Gasteiger partial charge is 0.481 e. The minimum Gasteiger partial charge on any atom is -0.481 e. The molecule has 0 aliphatic carbocycles. The van der Waals surface area contributed by atoms with Crippen LogP contribution in [0.1, 0.15) is 11.3 Å². The van der Waals surface area contributed by atoms with Crippen LogP contribution in [-0.4, -0.2) is 54.0 Å². The third-order valence-corrected chi connectivity index (χ3v) is 3.78. The maximum atomic E-state index is 11.9. The van der Waals surface area contributed by atoms with E-state index in [1.807, 2.05) is 6.07 Å². The lowest BCUT2D eigenvalue weighted by Gasteiger charge is -2.21. The lowest BCUT2D eigenvalue weighted by atomic mass is 10.3. The van der Waals surface area contributed by atoms with Gasteiger partial charge in [-0.3, -0.25) is 14.5 Å². The maximum absolute atomic E-state index is 11.9. The van der Waals surface area contributed by atoms with Gasteiger partial charge in [0.1, 0.15) is 0 Å². The summed E-state index contributed by atoms with van der Waals surface area (Å²) in [5.74, 6) is -0.904. The lowest BCUT2D eigenvalue weighted by Crippen LogP contribution is -2.36. The van der Waals surface area contributed by atoms with E-state index in [9.17, 15) is 9.59 Å². The molecule has 0 unspecified atom stereocenters. The normalized spacial score (nSPS) is 10.7. The molecule has 1 aromatic rings. The van der Waals surface area contributed by atoms with Gasteiger partial charge in [-0.25, -0.2) is 0 Å². The van der Waals surface area contributed by atoms with Gasteiger partial charge in [0, 0.05) is 18.5 Å². The molecule has 1 aromatic heterocycles. The SMILES string of the molecule is CN(CCC(=O)O)CC(=O)N(C)Cc1ccc(Cl)s1. The molecule has 1 amide bonds. The highest BCUT2D eigenvalue weighted by Crippen LogP contribution is 2.22. The highest BCUT2D eigenvalue weighted by Gasteiger charge is 2.13. The molecule has 0 atom stereocenters. The van der Waals surface area contributed by atoms with Crippen molar-refractivity contribution < 1.29 is 14.7 Å². The summed E-state index contributed by atoms with van der Waals surface area (Å²) in [5.41, 5.74) is 0. The average molecular weight is 305 g/mol. The average Bonchev–Trinajstić information content (AvgIpc) is 2.72. The molecule has 1 rings (SSSR count). The summed E-state index contributed by atoms with van der Waals surface area (Å²) in [6.07, 6.45) is 0.0357. The van der Waals surface area contributed by atoms with E-state index in [0.717, 1.165) is 4.88 Å². The van der Waals surface area contributed by atoms with Crippen LogP contribution in [0.3, 0.4) is 0 Å². The van der Waals surface area contributed by atoms with Crippen LogP contribution in [-0.2, 0) is 16.1 Å². The van der Waals surface area contributed by atoms with Gasteiger partial charge in [-0.15, -0.1) is 11.3 Å². The molecular formula is C12H17ClN2O3S. The van der Waals surface area contributed by atoms with Gasteiger partial charge in [0.2, 0.25) is 5.91 Å². The van der Waals surface area contributed by atoms with Crippen molar-refractivity contribution in [2.45, 2.75) is 13.0 Å². The van der Waals surface area contributed by atoms with Crippen molar-refractivity contribution in [2.75, 3.05) is 27.2 Å². The van der Waals surface area contributed by atoms with E-state index < -0.39 is 5.97 Å². The molecule has 0 radical (unpaired) electrons. The highest BCUT2D eigenvalue weighted by molar-refractivity contribution is 7.16. The molecule has 1 heterocycles. The second-order valence-corrected chi connectivity index (χ2v) is 6.14. The van der Waals surface area contributed by atoms with E-state index in [0.29, 0.717) is 17.4 Å². The van der Waals surface area contributed by atoms with E-state index in [1.54, 1.807) is 30.0 Å². The Hall–Kier alpha value is -1.11. The van der Waals surface area contributed by atoms with E-state index in [4.69, 9.17) is 16.7 Å². The molecule has 0 aliphatic heterocycles. The van der Waals surface area contributed by atoms with Gasteiger partial charge in [0.15, 0.2) is 0 Å². The Morgan fingerprint density at radius 1 is 1.37 bits per heavy atom. The predicted octanol–water partition coefficient (Wildman–Crippen LogP) is 1.77. The molecule has 106 valence electrons. The number of carboxylic acid groups (broad SMARTS) is 1. The van der Waals surface area contributed by atoms with Crippen molar-refractivity contribution in [2.24, 2.45) is 0 Å². The Balaban J connectivity index is 2.37. The number of amides is 1. The number of likely N-dealkylation sites (N-methyl/N-ethyl adjacent to an activating group) is 2. The van der Waals surface area contributed by atoms with Crippen LogP contribution in [0.15, 0.2) is 12.1 Å². The first kappa shape index (κ1) is 15.9. The first-order valence-electron chi connectivity index (χ1n) is 5.77. The van der Waals surface area contributed by atoms with Gasteiger partial charge in [0.05, 0.1) is 23.8 Å². The molecule has 1 N–H and O–H groups in total. The molecule has 0 saturated heterocycles. The van der Waals surface area contributed by atoms with Crippen molar-refractivity contribution in [1.82, 2.24) is 9.80 Å². The first-order chi connectivity index (χ1) is 8.88. The summed E-state index contributed by atoms with van der Waals surface area (Å²) in [4.78, 5) is 26.7. The Labute approximate surface area is 121 Å². The Bertz CT molecular complexity index is 450. The molecule has 19 heavy (non-hydrogen) atoms. The van der Waals surface area contributed by atoms with Gasteiger partial charge >= 0.3 is 5.97 Å². The number of carboxylic acids is 1. The van der Waals surface area contributed by atoms with Crippen LogP contribution in [0, 0.1) is 0 Å². The van der Waals surface area contributed by atoms with Crippen LogP contribution in [0.25, 0.3) is 0 Å². The summed E-state index contributed by atoms with van der Waals surface area (Å²) in [7, 11) is 3.46. The zero-order chi connectivity index (χ0) is 14.4. The summed E-state index contributed by atoms with van der Waals surface area (Å²) in [6, 6.07) is 3.70. The van der Waals surface area contributed by atoms with Gasteiger partial charge in [-0.05, 0) is 19.2 Å². The second kappa shape index (κ2) is 7.47. The van der Waals surface area contributed by atoms with E-state index in [-0.39, 0.29) is 18.9 Å². The Kier molecular flexibility index (Phi) is 6.27. The Morgan fingerprint density at radius 2 is 2.05 bits per heavy atom. The number of nitrogens with zero attached hydrogens (tertiary/aromatic N) is 2. The molecule has 0 aromatic carbocycles. The Morgan fingerprint density at radius 3 is 2.58 bits per heavy atom. The standard InChI is InChI=1S/C12H17ClN2O3S/c1-14(6-5-12(17)18)8-11(16)15(2)7-9-3-4-10(13)19-9/h3-4H,5-8H2,1-2H3,(H,17,18). The third-order valence-electron chi connectivity index (χ3n) is 2.56. The molecule has 0 bridgehead atoms. The van der Waals surface area contributed by atoms with Crippen molar-refractivity contribution in [1.29, 1.82) is 0 Å². The fourth-order valence-electron chi connectivity index (χ4n) is 1.48. The monoisotopic (exact) mass is 304 g/mol. The maximum Gasteiger partial charge on any atom is 0.304 e. The highest BCUT2D eigenvalue weighted by atomic mass is 35.5. The number of rotatable bonds is 7. The molecule has 0 aliphatic rings. The van der Waals surface area contributed by atoms with Crippen molar-refractivity contribution in [3.8, 4) is 0 Å². The molecule has 0 saturated carbocycles. The molecule has 0 spiro atoms. The second-order valence-electron chi connectivity index (χ2n) is 4.34. The smallest absolute Gasteiger partial charge is 0.304 e. The van der Waals surface area contributed by atoms with Crippen LogP contribution in [0.4, 0.5) is 0 Å². The minimum atomic E-state index is -0.860. The molecular weight excluding hydrogens is 288 g/mol. The van der Waals surface area contributed by atoms with Gasteiger partial charge < -0.3 is 10.0 Å². The number of aliphatic carboxylic acids is 1. The number of carbonyl (C=O) groups is 2. The summed E-state index contributed by atoms with van der Waals surface area (Å²) in [6.45, 7) is 1.09. The number of halogens is 1. The van der Waals surface area contributed by atoms with Gasteiger partial charge in [-0.2, -0.15) is 0 Å². The number of hydrogen-bond acceptors (Lipinski definition) is 4. The number of thiophene rings is 1. The zero-order valence-corrected chi connectivity index (χ0v) is 12.5. The summed E-state index contributed by atoms with van der Waals surface area (Å²) >= 11 is 7.28. The van der Waals surface area contributed by atoms with Crippen molar-refractivity contribution in [3.63, 3.8) is 0 Å². The summed E-state index contributed by atoms with van der Waals surface area (Å²) in [5, 5.41) is 8.57. The van der Waals surface area contributed by atoms with Crippen molar-refractivity contribution in [3.05, 3.63) is 21.3 Å². The van der Waals surface area contributed by atoms with E-state index in [2.05, 4.69) is 0 Å². The fraction of sp³-hybridized carbons (Fsp3) is 0.500. The van der Waals surface area contributed by atoms with Gasteiger partial charge in [-0.1, -0.05) is 11.6 Å². The number of hydrogen-bond donors (Lipinski definition) is 1. The van der Waals surface area contributed by atoms with Crippen LogP contribution < -0.4 is 0 Å². The topological polar surface area (TPSA) is 60.9 Å². The van der Waals surface area contributed by atoms with E-state index >= 15 is 0 Å². The van der Waals surface area contributed by atoms with Gasteiger partial charge in [0.25, 0.3) is 0 Å². The zero-order valence-electron chi connectivity index (χ0n) is 10.9. The third kappa shape index (κ3) is 6.04. The molecule has 7 heteroatoms. The van der Waals surface area contributed by atoms with Crippen LogP contribution >= 0.6 is 22.9 Å². The summed E-state index contributed by atoms with van der Waals surface area (Å²) < 4.78 is 0.703. The fourth-order valence-corrected chi connectivity index (χ4v) is 2.62. The first-order valence-corrected chi connectivity index (χ1v) is 6.96. The predicted molar refractivity (Wildman–Crippen MR) is 75.6 cm³/mol. The quantitative estimate of drug-likeness (QED) is 0.834. The molecule has 5 nitrogen and oxygen atoms in total. The number of carbonyl (C=O) groups excluding carboxylic acids is 1. The minimum absolute atomic E-state index is 0.0357. The van der Waals surface area contributed by atoms with E-state index in [1.165, 1.54) is 11.3 Å². The van der Waals surface area contributed by atoms with Crippen molar-refractivity contribution >= 4 is 34.8 Å². The molecule has 0 fully saturated rings. The van der Waals surface area contributed by atoms with Crippen LogP contribution in [0.5, 0.6) is 0 Å². The van der Waals surface area contributed by atoms with Crippen LogP contribution in [0.2, 0.25) is 4.34 Å². The lowest BCUT2D eigenvalue weighted by molar-refractivity contribution is -0.138.